The van der Waals surface area contributed by atoms with E-state index in [9.17, 15) is 0 Å². The highest BCUT2D eigenvalue weighted by Crippen LogP contribution is 2.49. The standard InChI is InChI=1S/C10H15ClN2/c1-2-13-7-9(6-12-13)5-10(8-11)3-4-10/h6-7H,2-5,8H2,1H3. The number of aromatic nitrogens is 2. The Balaban J connectivity index is 2.01. The van der Waals surface area contributed by atoms with Crippen molar-refractivity contribution in [2.45, 2.75) is 32.7 Å². The molecule has 0 atom stereocenters. The van der Waals surface area contributed by atoms with E-state index < -0.39 is 0 Å². The van der Waals surface area contributed by atoms with Gasteiger partial charge in [-0.05, 0) is 37.2 Å². The molecule has 72 valence electrons. The van der Waals surface area contributed by atoms with Gasteiger partial charge >= 0.3 is 0 Å². The monoisotopic (exact) mass is 198 g/mol. The van der Waals surface area contributed by atoms with Gasteiger partial charge in [-0.25, -0.2) is 0 Å². The van der Waals surface area contributed by atoms with E-state index >= 15 is 0 Å². The summed E-state index contributed by atoms with van der Waals surface area (Å²) in [5.41, 5.74) is 1.75. The first-order valence-electron chi connectivity index (χ1n) is 4.85. The van der Waals surface area contributed by atoms with Gasteiger partial charge in [-0.1, -0.05) is 0 Å². The van der Waals surface area contributed by atoms with Crippen LogP contribution in [0.3, 0.4) is 0 Å². The molecular formula is C10H15ClN2. The molecule has 0 spiro atoms. The zero-order chi connectivity index (χ0) is 9.31. The van der Waals surface area contributed by atoms with Gasteiger partial charge in [0.25, 0.3) is 0 Å². The minimum atomic E-state index is 0.420. The molecule has 1 heterocycles. The number of alkyl halides is 1. The summed E-state index contributed by atoms with van der Waals surface area (Å²) in [7, 11) is 0. The van der Waals surface area contributed by atoms with Crippen LogP contribution in [-0.4, -0.2) is 15.7 Å². The second-order valence-electron chi connectivity index (χ2n) is 4.01. The minimum Gasteiger partial charge on any atom is -0.273 e. The molecule has 13 heavy (non-hydrogen) atoms. The molecule has 0 bridgehead atoms. The predicted molar refractivity (Wildman–Crippen MR) is 54.0 cm³/mol. The van der Waals surface area contributed by atoms with Gasteiger partial charge in [-0.3, -0.25) is 4.68 Å². The molecule has 0 radical (unpaired) electrons. The van der Waals surface area contributed by atoms with Crippen molar-refractivity contribution in [2.24, 2.45) is 5.41 Å². The number of nitrogens with zero attached hydrogens (tertiary/aromatic N) is 2. The Morgan fingerprint density at radius 1 is 1.62 bits per heavy atom. The number of halogens is 1. The molecule has 1 aromatic rings. The molecule has 1 aromatic heterocycles. The van der Waals surface area contributed by atoms with Gasteiger partial charge in [0.15, 0.2) is 0 Å². The maximum Gasteiger partial charge on any atom is 0.0521 e. The smallest absolute Gasteiger partial charge is 0.0521 e. The molecule has 0 aliphatic heterocycles. The highest BCUT2D eigenvalue weighted by molar-refractivity contribution is 6.18. The van der Waals surface area contributed by atoms with Gasteiger partial charge in [-0.2, -0.15) is 5.10 Å². The topological polar surface area (TPSA) is 17.8 Å². The zero-order valence-electron chi connectivity index (χ0n) is 7.96. The Kier molecular flexibility index (Phi) is 2.33. The van der Waals surface area contributed by atoms with Crippen LogP contribution in [0.25, 0.3) is 0 Å². The summed E-state index contributed by atoms with van der Waals surface area (Å²) in [5, 5.41) is 4.25. The van der Waals surface area contributed by atoms with Gasteiger partial charge in [0.05, 0.1) is 6.20 Å². The van der Waals surface area contributed by atoms with E-state index in [2.05, 4.69) is 18.2 Å². The van der Waals surface area contributed by atoms with Crippen LogP contribution in [0.4, 0.5) is 0 Å². The quantitative estimate of drug-likeness (QED) is 0.680. The van der Waals surface area contributed by atoms with Gasteiger partial charge < -0.3 is 0 Å². The first kappa shape index (κ1) is 9.07. The van der Waals surface area contributed by atoms with Gasteiger partial charge in [0, 0.05) is 18.6 Å². The first-order chi connectivity index (χ1) is 6.28. The van der Waals surface area contributed by atoms with E-state index in [1.807, 2.05) is 10.9 Å². The third-order valence-corrected chi connectivity index (χ3v) is 3.40. The summed E-state index contributed by atoms with van der Waals surface area (Å²) in [6.07, 6.45) is 7.78. The van der Waals surface area contributed by atoms with E-state index in [-0.39, 0.29) is 0 Å². The van der Waals surface area contributed by atoms with Crippen LogP contribution >= 0.6 is 11.6 Å². The molecule has 1 aliphatic rings. The van der Waals surface area contributed by atoms with Crippen molar-refractivity contribution in [3.05, 3.63) is 18.0 Å². The lowest BCUT2D eigenvalue weighted by atomic mass is 10.0. The number of rotatable bonds is 4. The second kappa shape index (κ2) is 3.33. The molecule has 0 unspecified atom stereocenters. The SMILES string of the molecule is CCn1cc(CC2(CCl)CC2)cn1. The lowest BCUT2D eigenvalue weighted by molar-refractivity contribution is 0.576. The van der Waals surface area contributed by atoms with Crippen LogP contribution in [0.1, 0.15) is 25.3 Å². The normalized spacial score (nSPS) is 18.9. The van der Waals surface area contributed by atoms with Crippen molar-refractivity contribution in [1.82, 2.24) is 9.78 Å². The largest absolute Gasteiger partial charge is 0.273 e. The fourth-order valence-electron chi connectivity index (χ4n) is 1.64. The maximum atomic E-state index is 5.92. The van der Waals surface area contributed by atoms with E-state index in [1.54, 1.807) is 0 Å². The lowest BCUT2D eigenvalue weighted by Gasteiger charge is -2.07. The Morgan fingerprint density at radius 3 is 2.85 bits per heavy atom. The van der Waals surface area contributed by atoms with Crippen LogP contribution in [0.15, 0.2) is 12.4 Å². The second-order valence-corrected chi connectivity index (χ2v) is 4.28. The van der Waals surface area contributed by atoms with Crippen LogP contribution in [0.5, 0.6) is 0 Å². The highest BCUT2D eigenvalue weighted by Gasteiger charge is 2.41. The Morgan fingerprint density at radius 2 is 2.38 bits per heavy atom. The van der Waals surface area contributed by atoms with Gasteiger partial charge in [-0.15, -0.1) is 11.6 Å². The number of aryl methyl sites for hydroxylation is 1. The highest BCUT2D eigenvalue weighted by atomic mass is 35.5. The van der Waals surface area contributed by atoms with Crippen LogP contribution in [0, 0.1) is 5.41 Å². The summed E-state index contributed by atoms with van der Waals surface area (Å²) in [4.78, 5) is 0. The molecule has 0 aromatic carbocycles. The molecule has 1 fully saturated rings. The molecular weight excluding hydrogens is 184 g/mol. The summed E-state index contributed by atoms with van der Waals surface area (Å²) < 4.78 is 1.97. The molecule has 0 saturated heterocycles. The minimum absolute atomic E-state index is 0.420. The van der Waals surface area contributed by atoms with Crippen molar-refractivity contribution >= 4 is 11.6 Å². The first-order valence-corrected chi connectivity index (χ1v) is 5.39. The van der Waals surface area contributed by atoms with Crippen molar-refractivity contribution < 1.29 is 0 Å². The van der Waals surface area contributed by atoms with Crippen LogP contribution < -0.4 is 0 Å². The third kappa shape index (κ3) is 1.88. The van der Waals surface area contributed by atoms with E-state index in [0.717, 1.165) is 18.8 Å². The fourth-order valence-corrected chi connectivity index (χ4v) is 2.00. The van der Waals surface area contributed by atoms with Gasteiger partial charge in [0.1, 0.15) is 0 Å². The molecule has 0 amide bonds. The Hall–Kier alpha value is -0.500. The van der Waals surface area contributed by atoms with E-state index in [4.69, 9.17) is 11.6 Å². The lowest BCUT2D eigenvalue weighted by Crippen LogP contribution is -2.05. The van der Waals surface area contributed by atoms with Crippen molar-refractivity contribution in [3.8, 4) is 0 Å². The molecule has 1 saturated carbocycles. The molecule has 1 aliphatic carbocycles. The number of hydrogen-bond acceptors (Lipinski definition) is 1. The van der Waals surface area contributed by atoms with Crippen LogP contribution in [-0.2, 0) is 13.0 Å². The Labute approximate surface area is 83.9 Å². The summed E-state index contributed by atoms with van der Waals surface area (Å²) in [5.74, 6) is 0.796. The maximum absolute atomic E-state index is 5.92. The average Bonchev–Trinajstić information content (AvgIpc) is 2.77. The van der Waals surface area contributed by atoms with E-state index in [1.165, 1.54) is 18.4 Å². The zero-order valence-corrected chi connectivity index (χ0v) is 8.72. The average molecular weight is 199 g/mol. The predicted octanol–water partition coefficient (Wildman–Crippen LogP) is 2.46. The summed E-state index contributed by atoms with van der Waals surface area (Å²) in [6, 6.07) is 0. The van der Waals surface area contributed by atoms with Crippen molar-refractivity contribution in [3.63, 3.8) is 0 Å². The number of hydrogen-bond donors (Lipinski definition) is 0. The van der Waals surface area contributed by atoms with Crippen LogP contribution in [0.2, 0.25) is 0 Å². The molecule has 3 heteroatoms. The van der Waals surface area contributed by atoms with Gasteiger partial charge in [0.2, 0.25) is 0 Å². The summed E-state index contributed by atoms with van der Waals surface area (Å²) in [6.45, 7) is 3.05. The van der Waals surface area contributed by atoms with Crippen molar-refractivity contribution in [1.29, 1.82) is 0 Å². The van der Waals surface area contributed by atoms with Crippen molar-refractivity contribution in [2.75, 3.05) is 5.88 Å². The molecule has 2 rings (SSSR count). The Bertz CT molecular complexity index is 289. The molecule has 0 N–H and O–H groups in total. The summed E-state index contributed by atoms with van der Waals surface area (Å²) >= 11 is 5.92. The third-order valence-electron chi connectivity index (χ3n) is 2.83. The molecule has 2 nitrogen and oxygen atoms in total. The fraction of sp³-hybridized carbons (Fsp3) is 0.700. The van der Waals surface area contributed by atoms with E-state index in [0.29, 0.717) is 5.41 Å².